The number of rotatable bonds is 3. The topological polar surface area (TPSA) is 95.1 Å². The molecule has 0 spiro atoms. The average molecular weight is 384 g/mol. The van der Waals surface area contributed by atoms with Gasteiger partial charge in [0.15, 0.2) is 0 Å². The molecule has 28 heavy (non-hydrogen) atoms. The standard InChI is InChI=1S/C21H16N6S/c22-17-6-2-3-13(10-17)14-7-8-27-18(12-24-19(27)11-14)15-4-1-5-16(9-15)20-25-26-21(23)28-20/h1-12H,22H2,(H2,23,26). The third kappa shape index (κ3) is 2.87. The highest BCUT2D eigenvalue weighted by Gasteiger charge is 2.10. The van der Waals surface area contributed by atoms with Gasteiger partial charge >= 0.3 is 0 Å². The van der Waals surface area contributed by atoms with Crippen molar-refractivity contribution in [1.29, 1.82) is 0 Å². The highest BCUT2D eigenvalue weighted by atomic mass is 32.1. The van der Waals surface area contributed by atoms with Crippen molar-refractivity contribution in [2.75, 3.05) is 11.5 Å². The molecule has 0 radical (unpaired) electrons. The largest absolute Gasteiger partial charge is 0.399 e. The van der Waals surface area contributed by atoms with Gasteiger partial charge in [-0.05, 0) is 41.5 Å². The van der Waals surface area contributed by atoms with Crippen molar-refractivity contribution in [2.45, 2.75) is 0 Å². The fraction of sp³-hybridized carbons (Fsp3) is 0. The molecule has 0 aliphatic carbocycles. The van der Waals surface area contributed by atoms with E-state index in [0.29, 0.717) is 5.13 Å². The van der Waals surface area contributed by atoms with Gasteiger partial charge in [-0.25, -0.2) is 4.98 Å². The molecule has 0 aliphatic rings. The van der Waals surface area contributed by atoms with Crippen LogP contribution in [0.15, 0.2) is 73.1 Å². The number of anilines is 2. The van der Waals surface area contributed by atoms with Gasteiger partial charge in [-0.2, -0.15) is 0 Å². The summed E-state index contributed by atoms with van der Waals surface area (Å²) in [6.07, 6.45) is 3.91. The molecule has 6 nitrogen and oxygen atoms in total. The van der Waals surface area contributed by atoms with Gasteiger partial charge in [0.25, 0.3) is 0 Å². The monoisotopic (exact) mass is 384 g/mol. The van der Waals surface area contributed by atoms with E-state index in [4.69, 9.17) is 11.5 Å². The van der Waals surface area contributed by atoms with E-state index in [9.17, 15) is 0 Å². The highest BCUT2D eigenvalue weighted by Crippen LogP contribution is 2.30. The number of hydrogen-bond acceptors (Lipinski definition) is 6. The summed E-state index contributed by atoms with van der Waals surface area (Å²) in [5.41, 5.74) is 18.4. The molecule has 0 atom stereocenters. The average Bonchev–Trinajstić information content (AvgIpc) is 3.34. The molecule has 5 rings (SSSR count). The summed E-state index contributed by atoms with van der Waals surface area (Å²) < 4.78 is 2.07. The summed E-state index contributed by atoms with van der Waals surface area (Å²) in [6.45, 7) is 0. The Bertz CT molecular complexity index is 1300. The van der Waals surface area contributed by atoms with Gasteiger partial charge in [0.1, 0.15) is 10.7 Å². The van der Waals surface area contributed by atoms with Gasteiger partial charge in [0.05, 0.1) is 11.9 Å². The summed E-state index contributed by atoms with van der Waals surface area (Å²) in [6, 6.07) is 20.1. The van der Waals surface area contributed by atoms with Crippen LogP contribution in [0.5, 0.6) is 0 Å². The zero-order chi connectivity index (χ0) is 19.1. The van der Waals surface area contributed by atoms with Gasteiger partial charge in [-0.3, -0.25) is 4.40 Å². The number of benzene rings is 2. The van der Waals surface area contributed by atoms with Crippen molar-refractivity contribution in [3.05, 3.63) is 73.1 Å². The van der Waals surface area contributed by atoms with Gasteiger partial charge in [0, 0.05) is 23.0 Å². The Labute approximate surface area is 165 Å². The molecular weight excluding hydrogens is 368 g/mol. The molecule has 0 amide bonds. The Hall–Kier alpha value is -3.71. The van der Waals surface area contributed by atoms with Crippen molar-refractivity contribution in [3.63, 3.8) is 0 Å². The third-order valence-corrected chi connectivity index (χ3v) is 5.38. The molecular formula is C21H16N6S. The van der Waals surface area contributed by atoms with Crippen molar-refractivity contribution in [3.8, 4) is 33.0 Å². The van der Waals surface area contributed by atoms with Gasteiger partial charge in [-0.1, -0.05) is 41.7 Å². The fourth-order valence-electron chi connectivity index (χ4n) is 3.25. The van der Waals surface area contributed by atoms with Crippen molar-refractivity contribution in [2.24, 2.45) is 0 Å². The maximum Gasteiger partial charge on any atom is 0.203 e. The summed E-state index contributed by atoms with van der Waals surface area (Å²) >= 11 is 1.37. The van der Waals surface area contributed by atoms with Gasteiger partial charge < -0.3 is 11.5 Å². The van der Waals surface area contributed by atoms with Crippen molar-refractivity contribution in [1.82, 2.24) is 19.6 Å². The Balaban J connectivity index is 1.57. The zero-order valence-electron chi connectivity index (χ0n) is 14.8. The van der Waals surface area contributed by atoms with Crippen LogP contribution in [0.3, 0.4) is 0 Å². The van der Waals surface area contributed by atoms with E-state index in [1.54, 1.807) is 0 Å². The number of fused-ring (bicyclic) bond motifs is 1. The van der Waals surface area contributed by atoms with E-state index in [1.807, 2.05) is 48.8 Å². The van der Waals surface area contributed by atoms with Crippen molar-refractivity contribution < 1.29 is 0 Å². The predicted octanol–water partition coefficient (Wildman–Crippen LogP) is 4.35. The summed E-state index contributed by atoms with van der Waals surface area (Å²) in [7, 11) is 0. The lowest BCUT2D eigenvalue weighted by atomic mass is 10.1. The smallest absolute Gasteiger partial charge is 0.203 e. The summed E-state index contributed by atoms with van der Waals surface area (Å²) in [5.74, 6) is 0. The van der Waals surface area contributed by atoms with Crippen LogP contribution in [0.4, 0.5) is 10.8 Å². The predicted molar refractivity (Wildman–Crippen MR) is 114 cm³/mol. The van der Waals surface area contributed by atoms with Crippen LogP contribution >= 0.6 is 11.3 Å². The second-order valence-electron chi connectivity index (χ2n) is 6.44. The Morgan fingerprint density at radius 3 is 2.39 bits per heavy atom. The highest BCUT2D eigenvalue weighted by molar-refractivity contribution is 7.18. The van der Waals surface area contributed by atoms with Crippen LogP contribution in [0.25, 0.3) is 38.6 Å². The lowest BCUT2D eigenvalue weighted by Crippen LogP contribution is -1.90. The van der Waals surface area contributed by atoms with Crippen molar-refractivity contribution >= 4 is 27.8 Å². The molecule has 0 aliphatic heterocycles. The zero-order valence-corrected chi connectivity index (χ0v) is 15.6. The molecule has 7 heteroatoms. The summed E-state index contributed by atoms with van der Waals surface area (Å²) in [5, 5.41) is 9.30. The van der Waals surface area contributed by atoms with Gasteiger partial charge in [-0.15, -0.1) is 10.2 Å². The van der Waals surface area contributed by atoms with Crippen LogP contribution in [0.1, 0.15) is 0 Å². The Kier molecular flexibility index (Phi) is 3.80. The lowest BCUT2D eigenvalue weighted by Gasteiger charge is -2.06. The number of pyridine rings is 1. The first-order chi connectivity index (χ1) is 13.7. The van der Waals surface area contributed by atoms with Crippen LogP contribution in [-0.2, 0) is 0 Å². The van der Waals surface area contributed by atoms with E-state index < -0.39 is 0 Å². The summed E-state index contributed by atoms with van der Waals surface area (Å²) in [4.78, 5) is 4.60. The normalized spacial score (nSPS) is 11.1. The second-order valence-corrected chi connectivity index (χ2v) is 7.45. The quantitative estimate of drug-likeness (QED) is 0.451. The van der Waals surface area contributed by atoms with Crippen LogP contribution < -0.4 is 11.5 Å². The number of imidazole rings is 1. The molecule has 0 saturated carbocycles. The number of nitrogen functional groups attached to an aromatic ring is 2. The lowest BCUT2D eigenvalue weighted by molar-refractivity contribution is 1.10. The Morgan fingerprint density at radius 2 is 1.57 bits per heavy atom. The van der Waals surface area contributed by atoms with E-state index >= 15 is 0 Å². The van der Waals surface area contributed by atoms with Crippen LogP contribution in [0, 0.1) is 0 Å². The maximum atomic E-state index is 5.91. The first-order valence-corrected chi connectivity index (χ1v) is 9.52. The maximum absolute atomic E-state index is 5.91. The number of nitrogens with two attached hydrogens (primary N) is 2. The van der Waals surface area contributed by atoms with Gasteiger partial charge in [0.2, 0.25) is 5.13 Å². The molecule has 5 aromatic rings. The first kappa shape index (κ1) is 16.5. The molecule has 136 valence electrons. The van der Waals surface area contributed by atoms with E-state index in [2.05, 4.69) is 43.8 Å². The number of nitrogens with zero attached hydrogens (tertiary/aromatic N) is 4. The first-order valence-electron chi connectivity index (χ1n) is 8.70. The van der Waals surface area contributed by atoms with Crippen LogP contribution in [-0.4, -0.2) is 19.6 Å². The Morgan fingerprint density at radius 1 is 0.786 bits per heavy atom. The minimum atomic E-state index is 0.462. The van der Waals surface area contributed by atoms with E-state index in [1.165, 1.54) is 11.3 Å². The fourth-order valence-corrected chi connectivity index (χ4v) is 3.86. The number of hydrogen-bond donors (Lipinski definition) is 2. The molecule has 4 N–H and O–H groups in total. The van der Waals surface area contributed by atoms with E-state index in [-0.39, 0.29) is 0 Å². The SMILES string of the molecule is Nc1cccc(-c2ccn3c(-c4cccc(-c5nnc(N)s5)c4)cnc3c2)c1. The molecule has 2 aromatic carbocycles. The molecule has 0 fully saturated rings. The van der Waals surface area contributed by atoms with E-state index in [0.717, 1.165) is 44.3 Å². The number of aromatic nitrogens is 4. The minimum absolute atomic E-state index is 0.462. The molecule has 0 unspecified atom stereocenters. The van der Waals surface area contributed by atoms with Crippen LogP contribution in [0.2, 0.25) is 0 Å². The molecule has 0 bridgehead atoms. The molecule has 3 aromatic heterocycles. The molecule has 0 saturated heterocycles. The second kappa shape index (κ2) is 6.47. The minimum Gasteiger partial charge on any atom is -0.399 e. The third-order valence-electron chi connectivity index (χ3n) is 4.58. The molecule has 3 heterocycles.